The van der Waals surface area contributed by atoms with Crippen LogP contribution in [-0.4, -0.2) is 36.7 Å². The number of benzene rings is 1. The van der Waals surface area contributed by atoms with E-state index in [9.17, 15) is 19.4 Å². The van der Waals surface area contributed by atoms with Crippen LogP contribution >= 0.6 is 11.6 Å². The lowest BCUT2D eigenvalue weighted by Crippen LogP contribution is -2.35. The Kier molecular flexibility index (Phi) is 6.54. The summed E-state index contributed by atoms with van der Waals surface area (Å²) < 4.78 is 15.4. The van der Waals surface area contributed by atoms with E-state index in [2.05, 4.69) is 0 Å². The first kappa shape index (κ1) is 21.2. The van der Waals surface area contributed by atoms with Gasteiger partial charge in [-0.3, -0.25) is 4.79 Å². The highest BCUT2D eigenvalue weighted by atomic mass is 35.5. The van der Waals surface area contributed by atoms with Crippen molar-refractivity contribution in [3.63, 3.8) is 0 Å². The van der Waals surface area contributed by atoms with Crippen molar-refractivity contribution in [2.75, 3.05) is 6.79 Å². The number of fused-ring (bicyclic) bond motifs is 1. The molecule has 0 aliphatic carbocycles. The molecule has 0 spiro atoms. The van der Waals surface area contributed by atoms with Gasteiger partial charge in [-0.05, 0) is 45.7 Å². The van der Waals surface area contributed by atoms with Gasteiger partial charge in [-0.2, -0.15) is 0 Å². The van der Waals surface area contributed by atoms with E-state index in [1.165, 1.54) is 13.0 Å². The third-order valence-electron chi connectivity index (χ3n) is 4.06. The average molecular weight is 397 g/mol. The van der Waals surface area contributed by atoms with Crippen molar-refractivity contribution >= 4 is 36.4 Å². The maximum Gasteiger partial charge on any atom is 0.526 e. The topological polar surface area (TPSA) is 99.1 Å². The van der Waals surface area contributed by atoms with E-state index in [1.807, 2.05) is 0 Å². The molecule has 1 heterocycles. The number of hydrogen-bond donors (Lipinski definition) is 1. The van der Waals surface area contributed by atoms with Gasteiger partial charge in [0.2, 0.25) is 6.79 Å². The lowest BCUT2D eigenvalue weighted by molar-refractivity contribution is -0.161. The Hall–Kier alpha value is -2.06. The zero-order valence-corrected chi connectivity index (χ0v) is 16.5. The smallest absolute Gasteiger partial charge is 0.526 e. The van der Waals surface area contributed by atoms with Crippen LogP contribution in [0.3, 0.4) is 0 Å². The number of rotatable bonds is 5. The van der Waals surface area contributed by atoms with Crippen molar-refractivity contribution < 1.29 is 33.5 Å². The fourth-order valence-corrected chi connectivity index (χ4v) is 2.88. The van der Waals surface area contributed by atoms with E-state index in [0.29, 0.717) is 12.0 Å². The van der Waals surface area contributed by atoms with Crippen LogP contribution in [0.5, 0.6) is 5.75 Å². The highest BCUT2D eigenvalue weighted by Crippen LogP contribution is 2.39. The average Bonchev–Trinajstić information content (AvgIpc) is 2.54. The largest absolute Gasteiger partial charge is 0.535 e. The molecule has 1 aromatic rings. The molecular formula is C18H22BClO7. The summed E-state index contributed by atoms with van der Waals surface area (Å²) in [5.74, 6) is -1.72. The Morgan fingerprint density at radius 3 is 2.56 bits per heavy atom. The van der Waals surface area contributed by atoms with Gasteiger partial charge in [0.25, 0.3) is 0 Å². The molecule has 0 unspecified atom stereocenters. The molecular weight excluding hydrogens is 374 g/mol. The first-order chi connectivity index (χ1) is 12.5. The standard InChI is InChI=1S/C18H22BClO7/c1-10(21)7-12-8-11-5-6-13(20)14(15(11)27-19(12)24)16(22)25-9-26-17(23)18(2,3)4/h5-6,12,24H,7-9H2,1-4H3/t12-/m0/s1. The highest BCUT2D eigenvalue weighted by Gasteiger charge is 2.38. The monoisotopic (exact) mass is 396 g/mol. The number of ether oxygens (including phenoxy) is 2. The van der Waals surface area contributed by atoms with E-state index in [1.54, 1.807) is 26.8 Å². The molecule has 0 aromatic heterocycles. The fraction of sp³-hybridized carbons (Fsp3) is 0.500. The summed E-state index contributed by atoms with van der Waals surface area (Å²) in [4.78, 5) is 35.5. The van der Waals surface area contributed by atoms with Crippen LogP contribution in [0.1, 0.15) is 50.0 Å². The summed E-state index contributed by atoms with van der Waals surface area (Å²) in [7, 11) is -1.25. The Bertz CT molecular complexity index is 757. The lowest BCUT2D eigenvalue weighted by atomic mass is 9.64. The van der Waals surface area contributed by atoms with Gasteiger partial charge in [-0.25, -0.2) is 4.79 Å². The van der Waals surface area contributed by atoms with Crippen LogP contribution in [0.4, 0.5) is 0 Å². The van der Waals surface area contributed by atoms with Crippen LogP contribution in [0.2, 0.25) is 10.8 Å². The molecule has 1 aliphatic heterocycles. The van der Waals surface area contributed by atoms with Crippen molar-refractivity contribution in [3.8, 4) is 5.75 Å². The molecule has 1 N–H and O–H groups in total. The van der Waals surface area contributed by atoms with E-state index < -0.39 is 37.1 Å². The van der Waals surface area contributed by atoms with Gasteiger partial charge in [0, 0.05) is 12.2 Å². The molecule has 7 nitrogen and oxygen atoms in total. The van der Waals surface area contributed by atoms with Crippen molar-refractivity contribution in [1.82, 2.24) is 0 Å². The minimum absolute atomic E-state index is 0.0544. The van der Waals surface area contributed by atoms with Gasteiger partial charge in [-0.1, -0.05) is 17.7 Å². The van der Waals surface area contributed by atoms with E-state index in [0.717, 1.165) is 0 Å². The quantitative estimate of drug-likeness (QED) is 0.464. The minimum Gasteiger partial charge on any atom is -0.535 e. The maximum atomic E-state index is 12.4. The molecule has 9 heteroatoms. The Balaban J connectivity index is 2.15. The van der Waals surface area contributed by atoms with Crippen molar-refractivity contribution in [3.05, 3.63) is 28.3 Å². The number of carbonyl (C=O) groups is 3. The van der Waals surface area contributed by atoms with E-state index in [-0.39, 0.29) is 28.5 Å². The maximum absolute atomic E-state index is 12.4. The van der Waals surface area contributed by atoms with Crippen LogP contribution < -0.4 is 4.65 Å². The predicted molar refractivity (Wildman–Crippen MR) is 98.6 cm³/mol. The van der Waals surface area contributed by atoms with Gasteiger partial charge in [0.15, 0.2) is 0 Å². The number of carbonyl (C=O) groups excluding carboxylic acids is 3. The number of halogens is 1. The molecule has 146 valence electrons. The number of ketones is 1. The van der Waals surface area contributed by atoms with Crippen LogP contribution in [-0.2, 0) is 25.5 Å². The third kappa shape index (κ3) is 5.23. The van der Waals surface area contributed by atoms with E-state index in [4.69, 9.17) is 25.7 Å². The summed E-state index contributed by atoms with van der Waals surface area (Å²) in [6, 6.07) is 3.19. The lowest BCUT2D eigenvalue weighted by Gasteiger charge is -2.28. The third-order valence-corrected chi connectivity index (χ3v) is 4.37. The second-order valence-electron chi connectivity index (χ2n) is 7.52. The first-order valence-electron chi connectivity index (χ1n) is 8.50. The Morgan fingerprint density at radius 1 is 1.30 bits per heavy atom. The Morgan fingerprint density at radius 2 is 1.96 bits per heavy atom. The van der Waals surface area contributed by atoms with Crippen molar-refractivity contribution in [1.29, 1.82) is 0 Å². The normalized spacial score (nSPS) is 16.2. The molecule has 0 fully saturated rings. The summed E-state index contributed by atoms with van der Waals surface area (Å²) in [6.07, 6.45) is 0.512. The molecule has 1 aromatic carbocycles. The zero-order chi connectivity index (χ0) is 20.4. The van der Waals surface area contributed by atoms with Gasteiger partial charge >= 0.3 is 19.1 Å². The molecule has 1 atom stereocenters. The predicted octanol–water partition coefficient (Wildman–Crippen LogP) is 2.81. The fourth-order valence-electron chi connectivity index (χ4n) is 2.65. The van der Waals surface area contributed by atoms with Crippen molar-refractivity contribution in [2.45, 2.75) is 46.4 Å². The van der Waals surface area contributed by atoms with E-state index >= 15 is 0 Å². The minimum atomic E-state index is -1.25. The SMILES string of the molecule is CC(=O)C[C@H]1Cc2ccc(Cl)c(C(=O)OCOC(=O)C(C)(C)C)c2OB1O. The summed E-state index contributed by atoms with van der Waals surface area (Å²) in [5, 5.41) is 10.2. The van der Waals surface area contributed by atoms with Gasteiger partial charge in [0.05, 0.1) is 10.4 Å². The number of esters is 2. The second kappa shape index (κ2) is 8.31. The molecule has 1 aliphatic rings. The second-order valence-corrected chi connectivity index (χ2v) is 7.93. The molecule has 0 saturated heterocycles. The molecule has 27 heavy (non-hydrogen) atoms. The molecule has 0 bridgehead atoms. The van der Waals surface area contributed by atoms with Crippen molar-refractivity contribution in [2.24, 2.45) is 5.41 Å². The molecule has 2 rings (SSSR count). The van der Waals surface area contributed by atoms with Gasteiger partial charge < -0.3 is 23.9 Å². The number of Topliss-reactive ketones (excluding diaryl/α,β-unsaturated/α-hetero) is 1. The first-order valence-corrected chi connectivity index (χ1v) is 8.88. The highest BCUT2D eigenvalue weighted by molar-refractivity contribution is 6.47. The number of hydrogen-bond acceptors (Lipinski definition) is 7. The molecule has 0 amide bonds. The summed E-state index contributed by atoms with van der Waals surface area (Å²) in [6.45, 7) is 5.90. The van der Waals surface area contributed by atoms with Crippen LogP contribution in [0.25, 0.3) is 0 Å². The zero-order valence-electron chi connectivity index (χ0n) is 15.7. The molecule has 0 saturated carbocycles. The Labute approximate surface area is 163 Å². The summed E-state index contributed by atoms with van der Waals surface area (Å²) in [5.41, 5.74) is -0.148. The van der Waals surface area contributed by atoms with Gasteiger partial charge in [0.1, 0.15) is 17.1 Å². The molecule has 0 radical (unpaired) electrons. The van der Waals surface area contributed by atoms with Crippen LogP contribution in [0, 0.1) is 5.41 Å². The van der Waals surface area contributed by atoms with Gasteiger partial charge in [-0.15, -0.1) is 0 Å². The summed E-state index contributed by atoms with van der Waals surface area (Å²) >= 11 is 6.11. The van der Waals surface area contributed by atoms with Crippen LogP contribution in [0.15, 0.2) is 12.1 Å².